The van der Waals surface area contributed by atoms with Gasteiger partial charge in [0, 0.05) is 17.1 Å². The monoisotopic (exact) mass is 217 g/mol. The Labute approximate surface area is 86.2 Å². The highest BCUT2D eigenvalue weighted by Gasteiger charge is 2.08. The Hall–Kier alpha value is -0.930. The zero-order valence-corrected chi connectivity index (χ0v) is 8.14. The Bertz CT molecular complexity index is 337. The molecule has 0 saturated carbocycles. The molecule has 0 aromatic heterocycles. The van der Waals surface area contributed by atoms with E-state index in [0.717, 1.165) is 0 Å². The minimum atomic E-state index is -2.49. The predicted molar refractivity (Wildman–Crippen MR) is 54.5 cm³/mol. The van der Waals surface area contributed by atoms with Crippen LogP contribution in [-0.4, -0.2) is 6.54 Å². The molecule has 0 aliphatic heterocycles. The number of hydrogen-bond donors (Lipinski definition) is 1. The fourth-order valence-corrected chi connectivity index (χ4v) is 1.26. The summed E-state index contributed by atoms with van der Waals surface area (Å²) < 4.78 is 24.5. The Morgan fingerprint density at radius 2 is 2.14 bits per heavy atom. The summed E-state index contributed by atoms with van der Waals surface area (Å²) in [4.78, 5) is 0. The van der Waals surface area contributed by atoms with E-state index in [4.69, 9.17) is 17.3 Å². The van der Waals surface area contributed by atoms with Crippen LogP contribution >= 0.6 is 11.6 Å². The lowest BCUT2D eigenvalue weighted by Gasteiger charge is -2.02. The van der Waals surface area contributed by atoms with Gasteiger partial charge in [-0.1, -0.05) is 35.9 Å². The second-order valence-corrected chi connectivity index (χ2v) is 3.13. The number of hydrogen-bond acceptors (Lipinski definition) is 1. The van der Waals surface area contributed by atoms with Crippen molar-refractivity contribution in [3.8, 4) is 0 Å². The highest BCUT2D eigenvalue weighted by atomic mass is 35.5. The molecule has 14 heavy (non-hydrogen) atoms. The molecule has 0 radical (unpaired) electrons. The van der Waals surface area contributed by atoms with E-state index in [2.05, 4.69) is 0 Å². The van der Waals surface area contributed by atoms with E-state index in [0.29, 0.717) is 17.1 Å². The van der Waals surface area contributed by atoms with Crippen LogP contribution in [0, 0.1) is 0 Å². The summed E-state index contributed by atoms with van der Waals surface area (Å²) in [7, 11) is 0. The molecule has 0 saturated heterocycles. The van der Waals surface area contributed by atoms with Gasteiger partial charge in [0.2, 0.25) is 0 Å². The smallest absolute Gasteiger partial charge is 0.263 e. The van der Waals surface area contributed by atoms with Gasteiger partial charge in [-0.25, -0.2) is 8.78 Å². The van der Waals surface area contributed by atoms with Crippen LogP contribution in [0.1, 0.15) is 17.6 Å². The van der Waals surface area contributed by atoms with Crippen molar-refractivity contribution in [1.29, 1.82) is 0 Å². The third-order valence-corrected chi connectivity index (χ3v) is 2.04. The Kier molecular flexibility index (Phi) is 4.04. The third kappa shape index (κ3) is 2.79. The first-order valence-corrected chi connectivity index (χ1v) is 4.47. The molecular formula is C10H10ClF2N. The molecule has 1 nitrogen and oxygen atoms in total. The van der Waals surface area contributed by atoms with E-state index < -0.39 is 6.43 Å². The summed E-state index contributed by atoms with van der Waals surface area (Å²) in [6.45, 7) is 0.396. The van der Waals surface area contributed by atoms with Crippen molar-refractivity contribution < 1.29 is 8.78 Å². The first-order valence-electron chi connectivity index (χ1n) is 4.09. The van der Waals surface area contributed by atoms with Crippen molar-refractivity contribution in [1.82, 2.24) is 0 Å². The predicted octanol–water partition coefficient (Wildman–Crippen LogP) is 3.25. The van der Waals surface area contributed by atoms with E-state index in [1.165, 1.54) is 12.1 Å². The SMILES string of the molecule is NC/C=C/c1ccc(C(F)F)cc1Cl. The van der Waals surface area contributed by atoms with Crippen LogP contribution in [0.2, 0.25) is 5.02 Å². The first kappa shape index (κ1) is 11.1. The van der Waals surface area contributed by atoms with E-state index in [9.17, 15) is 8.78 Å². The average molecular weight is 218 g/mol. The van der Waals surface area contributed by atoms with E-state index in [1.54, 1.807) is 18.2 Å². The maximum atomic E-state index is 12.2. The fourth-order valence-electron chi connectivity index (χ4n) is 1.01. The largest absolute Gasteiger partial charge is 0.327 e. The molecule has 76 valence electrons. The maximum Gasteiger partial charge on any atom is 0.263 e. The molecule has 0 aliphatic rings. The molecular weight excluding hydrogens is 208 g/mol. The molecule has 0 unspecified atom stereocenters. The normalized spacial score (nSPS) is 11.5. The number of nitrogens with two attached hydrogens (primary N) is 1. The number of alkyl halides is 2. The Morgan fingerprint density at radius 3 is 2.64 bits per heavy atom. The summed E-state index contributed by atoms with van der Waals surface area (Å²) in [6, 6.07) is 4.17. The van der Waals surface area contributed by atoms with Gasteiger partial charge in [0.05, 0.1) is 0 Å². The van der Waals surface area contributed by atoms with Crippen molar-refractivity contribution in [2.75, 3.05) is 6.54 Å². The molecule has 1 aromatic rings. The van der Waals surface area contributed by atoms with Crippen molar-refractivity contribution >= 4 is 17.7 Å². The first-order chi connectivity index (χ1) is 6.65. The molecule has 0 atom stereocenters. The lowest BCUT2D eigenvalue weighted by molar-refractivity contribution is 0.151. The third-order valence-electron chi connectivity index (χ3n) is 1.71. The van der Waals surface area contributed by atoms with Gasteiger partial charge in [0.15, 0.2) is 0 Å². The summed E-state index contributed by atoms with van der Waals surface area (Å²) in [5.41, 5.74) is 5.88. The lowest BCUT2D eigenvalue weighted by Crippen LogP contribution is -1.92. The van der Waals surface area contributed by atoms with Gasteiger partial charge < -0.3 is 5.73 Å². The van der Waals surface area contributed by atoms with Gasteiger partial charge in [-0.15, -0.1) is 0 Å². The molecule has 0 amide bonds. The number of benzene rings is 1. The second-order valence-electron chi connectivity index (χ2n) is 2.72. The van der Waals surface area contributed by atoms with Crippen LogP contribution in [-0.2, 0) is 0 Å². The van der Waals surface area contributed by atoms with Crippen molar-refractivity contribution in [3.05, 3.63) is 40.4 Å². The number of rotatable bonds is 3. The summed E-state index contributed by atoms with van der Waals surface area (Å²) in [5, 5.41) is 0.313. The molecule has 1 rings (SSSR count). The molecule has 2 N–H and O–H groups in total. The lowest BCUT2D eigenvalue weighted by atomic mass is 10.1. The molecule has 0 spiro atoms. The molecule has 0 fully saturated rings. The van der Waals surface area contributed by atoms with Gasteiger partial charge in [-0.2, -0.15) is 0 Å². The summed E-state index contributed by atoms with van der Waals surface area (Å²) in [5.74, 6) is 0. The van der Waals surface area contributed by atoms with Gasteiger partial charge in [0.1, 0.15) is 0 Å². The van der Waals surface area contributed by atoms with E-state index in [-0.39, 0.29) is 5.56 Å². The van der Waals surface area contributed by atoms with Gasteiger partial charge in [0.25, 0.3) is 6.43 Å². The molecule has 0 aliphatic carbocycles. The minimum Gasteiger partial charge on any atom is -0.327 e. The van der Waals surface area contributed by atoms with Crippen molar-refractivity contribution in [2.45, 2.75) is 6.43 Å². The van der Waals surface area contributed by atoms with E-state index in [1.807, 2.05) is 0 Å². The van der Waals surface area contributed by atoms with Gasteiger partial charge >= 0.3 is 0 Å². The second kappa shape index (κ2) is 5.08. The summed E-state index contributed by atoms with van der Waals surface area (Å²) in [6.07, 6.45) is 0.931. The van der Waals surface area contributed by atoms with E-state index >= 15 is 0 Å². The average Bonchev–Trinajstić information content (AvgIpc) is 2.15. The minimum absolute atomic E-state index is 0.0695. The van der Waals surface area contributed by atoms with Crippen LogP contribution < -0.4 is 5.73 Å². The highest BCUT2D eigenvalue weighted by molar-refractivity contribution is 6.32. The van der Waals surface area contributed by atoms with Crippen LogP contribution in [0.15, 0.2) is 24.3 Å². The van der Waals surface area contributed by atoms with Gasteiger partial charge in [-0.05, 0) is 11.6 Å². The molecule has 0 bridgehead atoms. The highest BCUT2D eigenvalue weighted by Crippen LogP contribution is 2.25. The quantitative estimate of drug-likeness (QED) is 0.827. The van der Waals surface area contributed by atoms with Gasteiger partial charge in [-0.3, -0.25) is 0 Å². The van der Waals surface area contributed by atoms with Crippen LogP contribution in [0.5, 0.6) is 0 Å². The standard InChI is InChI=1S/C10H10ClF2N/c11-9-6-8(10(12)13)4-3-7(9)2-1-5-14/h1-4,6,10H,5,14H2/b2-1+. The fraction of sp³-hybridized carbons (Fsp3) is 0.200. The number of halogens is 3. The van der Waals surface area contributed by atoms with Crippen LogP contribution in [0.3, 0.4) is 0 Å². The topological polar surface area (TPSA) is 26.0 Å². The summed E-state index contributed by atoms with van der Waals surface area (Å²) >= 11 is 5.78. The molecule has 4 heteroatoms. The van der Waals surface area contributed by atoms with Crippen LogP contribution in [0.25, 0.3) is 6.08 Å². The zero-order chi connectivity index (χ0) is 10.6. The Morgan fingerprint density at radius 1 is 1.43 bits per heavy atom. The van der Waals surface area contributed by atoms with Crippen molar-refractivity contribution in [3.63, 3.8) is 0 Å². The van der Waals surface area contributed by atoms with Crippen LogP contribution in [0.4, 0.5) is 8.78 Å². The molecule has 1 aromatic carbocycles. The van der Waals surface area contributed by atoms with Crippen molar-refractivity contribution in [2.24, 2.45) is 5.73 Å². The maximum absolute atomic E-state index is 12.2. The molecule has 0 heterocycles. The zero-order valence-electron chi connectivity index (χ0n) is 7.38. The Balaban J connectivity index is 2.95.